The fourth-order valence-corrected chi connectivity index (χ4v) is 2.40. The third kappa shape index (κ3) is 9.96. The number of nitrogens with zero attached hydrogens (tertiary/aromatic N) is 2. The Bertz CT molecular complexity index is 734. The lowest BCUT2D eigenvalue weighted by Crippen LogP contribution is -2.22. The van der Waals surface area contributed by atoms with Gasteiger partial charge in [0.1, 0.15) is 5.75 Å². The number of aromatic nitrogens is 2. The van der Waals surface area contributed by atoms with Gasteiger partial charge >= 0.3 is 11.7 Å². The minimum Gasteiger partial charge on any atom is -0.479 e. The van der Waals surface area contributed by atoms with Crippen molar-refractivity contribution < 1.29 is 19.1 Å². The average molecular weight is 409 g/mol. The molecular weight excluding hydrogens is 372 g/mol. The number of carboxylic acids is 1. The molecule has 7 heteroatoms. The lowest BCUT2D eigenvalue weighted by molar-refractivity contribution is -0.144. The number of ether oxygens (including phenoxy) is 1. The molecule has 1 aromatic carbocycles. The molecular formula is C22H36N2O5. The summed E-state index contributed by atoms with van der Waals surface area (Å²) in [5, 5.41) is 13.0. The van der Waals surface area contributed by atoms with Gasteiger partial charge in [-0.3, -0.25) is 0 Å². The molecule has 0 aliphatic carbocycles. The molecule has 29 heavy (non-hydrogen) atoms. The molecule has 0 saturated heterocycles. The summed E-state index contributed by atoms with van der Waals surface area (Å²) in [4.78, 5) is 22.3. The number of benzene rings is 1. The van der Waals surface area contributed by atoms with E-state index in [9.17, 15) is 9.59 Å². The number of hydrogen-bond donors (Lipinski definition) is 1. The van der Waals surface area contributed by atoms with Gasteiger partial charge in [-0.25, -0.2) is 9.59 Å². The highest BCUT2D eigenvalue weighted by Crippen LogP contribution is 2.16. The smallest absolute Gasteiger partial charge is 0.437 e. The Labute approximate surface area is 173 Å². The second kappa shape index (κ2) is 15.4. The third-order valence-corrected chi connectivity index (χ3v) is 3.77. The normalized spacial score (nSPS) is 10.8. The largest absolute Gasteiger partial charge is 0.479 e. The maximum Gasteiger partial charge on any atom is 0.437 e. The Balaban J connectivity index is 0.00000184. The monoisotopic (exact) mass is 408 g/mol. The first-order valence-corrected chi connectivity index (χ1v) is 10.5. The van der Waals surface area contributed by atoms with Gasteiger partial charge in [0.05, 0.1) is 0 Å². The van der Waals surface area contributed by atoms with Crippen molar-refractivity contribution in [1.29, 1.82) is 0 Å². The molecule has 1 N–H and O–H groups in total. The lowest BCUT2D eigenvalue weighted by Gasteiger charge is -2.10. The van der Waals surface area contributed by atoms with Gasteiger partial charge < -0.3 is 14.3 Å². The summed E-state index contributed by atoms with van der Waals surface area (Å²) >= 11 is 0. The van der Waals surface area contributed by atoms with Crippen LogP contribution in [0.5, 0.6) is 5.75 Å². The van der Waals surface area contributed by atoms with Gasteiger partial charge in [-0.1, -0.05) is 46.8 Å². The molecule has 0 radical (unpaired) electrons. The van der Waals surface area contributed by atoms with Gasteiger partial charge in [-0.05, 0) is 50.3 Å². The van der Waals surface area contributed by atoms with E-state index in [0.717, 1.165) is 31.2 Å². The highest BCUT2D eigenvalue weighted by molar-refractivity contribution is 5.72. The minimum absolute atomic E-state index is 0.386. The zero-order chi connectivity index (χ0) is 22.2. The van der Waals surface area contributed by atoms with Crippen LogP contribution in [-0.2, 0) is 24.2 Å². The molecule has 1 heterocycles. The molecule has 1 atom stereocenters. The predicted molar refractivity (Wildman–Crippen MR) is 115 cm³/mol. The molecule has 0 fully saturated rings. The van der Waals surface area contributed by atoms with Crippen LogP contribution in [-0.4, -0.2) is 27.0 Å². The van der Waals surface area contributed by atoms with Crippen molar-refractivity contribution in [2.75, 3.05) is 0 Å². The SMILES string of the molecule is CC.CC.CCCn1nc(CCCCc2ccc(OC(C)C(=O)O)cc2)oc1=O. The van der Waals surface area contributed by atoms with E-state index in [4.69, 9.17) is 14.3 Å². The van der Waals surface area contributed by atoms with E-state index in [0.29, 0.717) is 24.6 Å². The van der Waals surface area contributed by atoms with Crippen molar-refractivity contribution in [2.24, 2.45) is 0 Å². The van der Waals surface area contributed by atoms with E-state index in [1.807, 2.05) is 46.8 Å². The molecule has 2 rings (SSSR count). The number of carbonyl (C=O) groups is 1. The molecule has 0 aliphatic rings. The summed E-state index contributed by atoms with van der Waals surface area (Å²) in [6.07, 6.45) is 3.32. The van der Waals surface area contributed by atoms with Crippen molar-refractivity contribution >= 4 is 5.97 Å². The molecule has 1 aromatic heterocycles. The number of aliphatic carboxylic acids is 1. The molecule has 0 aliphatic heterocycles. The first-order chi connectivity index (χ1) is 14.0. The van der Waals surface area contributed by atoms with Crippen LogP contribution >= 0.6 is 0 Å². The Morgan fingerprint density at radius 2 is 1.72 bits per heavy atom. The van der Waals surface area contributed by atoms with Crippen molar-refractivity contribution in [3.8, 4) is 5.75 Å². The fourth-order valence-electron chi connectivity index (χ4n) is 2.40. The van der Waals surface area contributed by atoms with Gasteiger partial charge in [0, 0.05) is 13.0 Å². The van der Waals surface area contributed by atoms with E-state index >= 15 is 0 Å². The van der Waals surface area contributed by atoms with Gasteiger partial charge in [0.2, 0.25) is 5.89 Å². The van der Waals surface area contributed by atoms with Crippen LogP contribution in [0, 0.1) is 0 Å². The zero-order valence-electron chi connectivity index (χ0n) is 18.6. The van der Waals surface area contributed by atoms with Crippen molar-refractivity contribution in [1.82, 2.24) is 9.78 Å². The highest BCUT2D eigenvalue weighted by atomic mass is 16.5. The minimum atomic E-state index is -0.989. The van der Waals surface area contributed by atoms with Crippen LogP contribution in [0.1, 0.15) is 72.3 Å². The molecule has 164 valence electrons. The highest BCUT2D eigenvalue weighted by Gasteiger charge is 2.12. The molecule has 1 unspecified atom stereocenters. The predicted octanol–water partition coefficient (Wildman–Crippen LogP) is 4.72. The summed E-state index contributed by atoms with van der Waals surface area (Å²) < 4.78 is 11.8. The van der Waals surface area contributed by atoms with E-state index in [2.05, 4.69) is 5.10 Å². The average Bonchev–Trinajstić information content (AvgIpc) is 3.09. The second-order valence-corrected chi connectivity index (χ2v) is 5.93. The molecule has 0 bridgehead atoms. The molecule has 0 spiro atoms. The Kier molecular flexibility index (Phi) is 14.0. The number of unbranched alkanes of at least 4 members (excludes halogenated alkanes) is 1. The van der Waals surface area contributed by atoms with E-state index in [-0.39, 0.29) is 5.76 Å². The molecule has 0 amide bonds. The fraction of sp³-hybridized carbons (Fsp3) is 0.591. The Morgan fingerprint density at radius 3 is 2.28 bits per heavy atom. The van der Waals surface area contributed by atoms with Crippen LogP contribution < -0.4 is 10.5 Å². The maximum absolute atomic E-state index is 11.5. The number of aryl methyl sites for hydroxylation is 3. The Hall–Kier alpha value is -2.57. The maximum atomic E-state index is 11.5. The first-order valence-electron chi connectivity index (χ1n) is 10.5. The summed E-state index contributed by atoms with van der Waals surface area (Å²) in [5.41, 5.74) is 1.15. The number of rotatable bonds is 10. The summed E-state index contributed by atoms with van der Waals surface area (Å²) in [6, 6.07) is 7.42. The summed E-state index contributed by atoms with van der Waals surface area (Å²) in [6.45, 7) is 12.1. The molecule has 7 nitrogen and oxygen atoms in total. The van der Waals surface area contributed by atoms with Crippen molar-refractivity contribution in [2.45, 2.75) is 86.3 Å². The van der Waals surface area contributed by atoms with Crippen LogP contribution in [0.2, 0.25) is 0 Å². The summed E-state index contributed by atoms with van der Waals surface area (Å²) in [5.74, 6) is -0.341. The van der Waals surface area contributed by atoms with Crippen LogP contribution in [0.3, 0.4) is 0 Å². The molecule has 0 saturated carbocycles. The van der Waals surface area contributed by atoms with Gasteiger partial charge in [0.15, 0.2) is 6.10 Å². The van der Waals surface area contributed by atoms with Gasteiger partial charge in [0.25, 0.3) is 0 Å². The second-order valence-electron chi connectivity index (χ2n) is 5.93. The van der Waals surface area contributed by atoms with Gasteiger partial charge in [-0.15, -0.1) is 5.10 Å². The number of carboxylic acid groups (broad SMARTS) is 1. The lowest BCUT2D eigenvalue weighted by atomic mass is 10.1. The molecule has 2 aromatic rings. The first kappa shape index (κ1) is 26.4. The van der Waals surface area contributed by atoms with Crippen LogP contribution in [0.25, 0.3) is 0 Å². The van der Waals surface area contributed by atoms with Crippen LogP contribution in [0.4, 0.5) is 0 Å². The van der Waals surface area contributed by atoms with Crippen molar-refractivity contribution in [3.63, 3.8) is 0 Å². The topological polar surface area (TPSA) is 94.6 Å². The standard InChI is InChI=1S/C18H24N2O5.2C2H6/c1-3-12-20-18(23)25-16(19-20)7-5-4-6-14-8-10-15(11-9-14)24-13(2)17(21)22;2*1-2/h8-11,13H,3-7,12H2,1-2H3,(H,21,22);2*1-2H3. The zero-order valence-corrected chi connectivity index (χ0v) is 18.6. The van der Waals surface area contributed by atoms with E-state index in [1.54, 1.807) is 12.1 Å². The van der Waals surface area contributed by atoms with E-state index in [1.165, 1.54) is 11.6 Å². The Morgan fingerprint density at radius 1 is 1.14 bits per heavy atom. The summed E-state index contributed by atoms with van der Waals surface area (Å²) in [7, 11) is 0. The van der Waals surface area contributed by atoms with Crippen LogP contribution in [0.15, 0.2) is 33.5 Å². The number of hydrogen-bond acceptors (Lipinski definition) is 5. The van der Waals surface area contributed by atoms with Gasteiger partial charge in [-0.2, -0.15) is 4.68 Å². The van der Waals surface area contributed by atoms with E-state index < -0.39 is 12.1 Å². The third-order valence-electron chi connectivity index (χ3n) is 3.77. The quantitative estimate of drug-likeness (QED) is 0.572. The van der Waals surface area contributed by atoms with Crippen molar-refractivity contribution in [3.05, 3.63) is 46.3 Å².